The molecule has 4 fully saturated rings. The van der Waals surface area contributed by atoms with Crippen molar-refractivity contribution in [2.75, 3.05) is 0 Å². The van der Waals surface area contributed by atoms with Crippen molar-refractivity contribution < 1.29 is 17.4 Å². The Bertz CT molecular complexity index is 1050. The highest BCUT2D eigenvalue weighted by molar-refractivity contribution is 7.86. The zero-order valence-electron chi connectivity index (χ0n) is 21.6. The second kappa shape index (κ2) is 8.16. The number of hydrogen-bond acceptors (Lipinski definition) is 4. The summed E-state index contributed by atoms with van der Waals surface area (Å²) in [4.78, 5) is 12.9. The van der Waals surface area contributed by atoms with Crippen LogP contribution in [-0.2, 0) is 24.5 Å². The Hall–Kier alpha value is -1.20. The van der Waals surface area contributed by atoms with Gasteiger partial charge >= 0.3 is 0 Å². The van der Waals surface area contributed by atoms with E-state index in [-0.39, 0.29) is 27.2 Å². The van der Waals surface area contributed by atoms with Gasteiger partial charge in [-0.25, -0.2) is 0 Å². The predicted octanol–water partition coefficient (Wildman–Crippen LogP) is 6.67. The van der Waals surface area contributed by atoms with Crippen LogP contribution in [0.25, 0.3) is 0 Å². The third-order valence-electron chi connectivity index (χ3n) is 10.6. The number of fused-ring (bicyclic) bond motifs is 5. The molecule has 0 amide bonds. The molecule has 5 heteroatoms. The molecule has 1 aromatic carbocycles. The lowest BCUT2D eigenvalue weighted by molar-refractivity contribution is -0.141. The van der Waals surface area contributed by atoms with Gasteiger partial charge < -0.3 is 0 Å². The summed E-state index contributed by atoms with van der Waals surface area (Å²) in [5.74, 6) is 2.89. The lowest BCUT2D eigenvalue weighted by Crippen LogP contribution is -2.54. The van der Waals surface area contributed by atoms with E-state index in [2.05, 4.69) is 34.6 Å². The first-order chi connectivity index (χ1) is 15.8. The van der Waals surface area contributed by atoms with Gasteiger partial charge in [-0.15, -0.1) is 0 Å². The molecule has 0 aliphatic heterocycles. The quantitative estimate of drug-likeness (QED) is 0.448. The maximum atomic E-state index is 13.1. The first-order valence-corrected chi connectivity index (χ1v) is 14.8. The summed E-state index contributed by atoms with van der Waals surface area (Å²) < 4.78 is 32.0. The van der Waals surface area contributed by atoms with Crippen molar-refractivity contribution in [2.24, 2.45) is 34.5 Å². The average Bonchev–Trinajstić information content (AvgIpc) is 3.08. The summed E-state index contributed by atoms with van der Waals surface area (Å²) in [7, 11) is -3.77. The number of benzene rings is 1. The van der Waals surface area contributed by atoms with Gasteiger partial charge in [0.05, 0.1) is 11.0 Å². The molecule has 0 radical (unpaired) electrons. The standard InChI is InChI=1S/C29H42O4S/c1-27(2,3)19-6-9-22(10-7-19)34(31,32)33-21-14-16-28(4)20(18-21)8-11-23-24-12-13-26(30)29(24,5)17-15-25(23)28/h6-7,9-10,20-21,23-25H,8,11-18H2,1-5H3/t20-,21+,23-,24-,25-,28-,29-/m0/s1. The van der Waals surface area contributed by atoms with Gasteiger partial charge in [0.2, 0.25) is 0 Å². The molecule has 0 heterocycles. The summed E-state index contributed by atoms with van der Waals surface area (Å²) in [5.41, 5.74) is 1.26. The Morgan fingerprint density at radius 1 is 0.912 bits per heavy atom. The van der Waals surface area contributed by atoms with E-state index in [1.165, 1.54) is 6.42 Å². The Labute approximate surface area is 206 Å². The normalized spacial score (nSPS) is 40.4. The van der Waals surface area contributed by atoms with E-state index < -0.39 is 10.1 Å². The van der Waals surface area contributed by atoms with Crippen LogP contribution in [0.4, 0.5) is 0 Å². The second-order valence-electron chi connectivity index (χ2n) is 13.3. The fourth-order valence-corrected chi connectivity index (χ4v) is 9.55. The van der Waals surface area contributed by atoms with Crippen LogP contribution in [0.2, 0.25) is 0 Å². The second-order valence-corrected chi connectivity index (χ2v) is 14.9. The van der Waals surface area contributed by atoms with E-state index in [0.717, 1.165) is 56.9 Å². The van der Waals surface area contributed by atoms with E-state index in [1.807, 2.05) is 12.1 Å². The zero-order valence-corrected chi connectivity index (χ0v) is 22.4. The van der Waals surface area contributed by atoms with Crippen LogP contribution < -0.4 is 0 Å². The molecule has 7 atom stereocenters. The molecule has 0 aromatic heterocycles. The third kappa shape index (κ3) is 3.89. The highest BCUT2D eigenvalue weighted by Crippen LogP contribution is 2.65. The van der Waals surface area contributed by atoms with Crippen LogP contribution in [0.5, 0.6) is 0 Å². The highest BCUT2D eigenvalue weighted by atomic mass is 32.2. The minimum absolute atomic E-state index is 0.0157. The van der Waals surface area contributed by atoms with Crippen LogP contribution in [0.1, 0.15) is 98.0 Å². The van der Waals surface area contributed by atoms with E-state index in [0.29, 0.717) is 29.5 Å². The van der Waals surface area contributed by atoms with Crippen LogP contribution in [-0.4, -0.2) is 20.3 Å². The maximum absolute atomic E-state index is 13.1. The predicted molar refractivity (Wildman–Crippen MR) is 134 cm³/mol. The topological polar surface area (TPSA) is 60.4 Å². The first kappa shape index (κ1) is 24.5. The van der Waals surface area contributed by atoms with Gasteiger partial charge in [0.15, 0.2) is 0 Å². The Balaban J connectivity index is 1.28. The summed E-state index contributed by atoms with van der Waals surface area (Å²) in [5, 5.41) is 0. The number of hydrogen-bond donors (Lipinski definition) is 0. The minimum Gasteiger partial charge on any atom is -0.299 e. The van der Waals surface area contributed by atoms with E-state index in [1.54, 1.807) is 12.1 Å². The lowest BCUT2D eigenvalue weighted by atomic mass is 9.45. The Morgan fingerprint density at radius 3 is 2.29 bits per heavy atom. The molecule has 5 rings (SSSR count). The smallest absolute Gasteiger partial charge is 0.297 e. The van der Waals surface area contributed by atoms with Crippen molar-refractivity contribution >= 4 is 15.9 Å². The molecule has 4 saturated carbocycles. The van der Waals surface area contributed by atoms with Crippen molar-refractivity contribution in [1.29, 1.82) is 0 Å². The van der Waals surface area contributed by atoms with Gasteiger partial charge in [-0.05, 0) is 104 Å². The van der Waals surface area contributed by atoms with E-state index in [9.17, 15) is 13.2 Å². The fourth-order valence-electron chi connectivity index (χ4n) is 8.43. The van der Waals surface area contributed by atoms with Crippen molar-refractivity contribution in [3.8, 4) is 0 Å². The SMILES string of the molecule is CC(C)(C)c1ccc(S(=O)(=O)O[C@@H]2CC[C@@]3(C)[C@@H](CC[C@@H]4[C@@H]3CC[C@]3(C)C(=O)CC[C@@H]43)C2)cc1. The molecular weight excluding hydrogens is 444 g/mol. The number of ketones is 1. The molecule has 1 aromatic rings. The van der Waals surface area contributed by atoms with Gasteiger partial charge in [0, 0.05) is 11.8 Å². The molecule has 4 nitrogen and oxygen atoms in total. The number of rotatable bonds is 3. The summed E-state index contributed by atoms with van der Waals surface area (Å²) in [6, 6.07) is 7.19. The fraction of sp³-hybridized carbons (Fsp3) is 0.759. The van der Waals surface area contributed by atoms with Crippen LogP contribution in [0.3, 0.4) is 0 Å². The molecule has 0 bridgehead atoms. The molecule has 34 heavy (non-hydrogen) atoms. The van der Waals surface area contributed by atoms with E-state index in [4.69, 9.17) is 4.18 Å². The molecule has 0 saturated heterocycles. The largest absolute Gasteiger partial charge is 0.299 e. The molecule has 4 aliphatic rings. The summed E-state index contributed by atoms with van der Waals surface area (Å²) in [6.07, 6.45) is 8.80. The molecule has 188 valence electrons. The van der Waals surface area contributed by atoms with Crippen molar-refractivity contribution in [3.63, 3.8) is 0 Å². The highest BCUT2D eigenvalue weighted by Gasteiger charge is 2.60. The van der Waals surface area contributed by atoms with Gasteiger partial charge in [-0.1, -0.05) is 46.8 Å². The van der Waals surface area contributed by atoms with Crippen molar-refractivity contribution in [1.82, 2.24) is 0 Å². The third-order valence-corrected chi connectivity index (χ3v) is 12.0. The van der Waals surface area contributed by atoms with Crippen LogP contribution >= 0.6 is 0 Å². The number of Topliss-reactive ketones (excluding diaryl/α,β-unsaturated/α-hetero) is 1. The van der Waals surface area contributed by atoms with Crippen molar-refractivity contribution in [3.05, 3.63) is 29.8 Å². The first-order valence-electron chi connectivity index (χ1n) is 13.4. The molecule has 0 spiro atoms. The number of carbonyl (C=O) groups is 1. The maximum Gasteiger partial charge on any atom is 0.297 e. The van der Waals surface area contributed by atoms with Gasteiger partial charge in [-0.3, -0.25) is 8.98 Å². The van der Waals surface area contributed by atoms with E-state index >= 15 is 0 Å². The van der Waals surface area contributed by atoms with Crippen LogP contribution in [0, 0.1) is 34.5 Å². The Morgan fingerprint density at radius 2 is 1.62 bits per heavy atom. The molecular formula is C29H42O4S. The molecule has 0 unspecified atom stereocenters. The average molecular weight is 487 g/mol. The zero-order chi connectivity index (χ0) is 24.5. The van der Waals surface area contributed by atoms with Gasteiger partial charge in [0.1, 0.15) is 5.78 Å². The number of carbonyl (C=O) groups excluding carboxylic acids is 1. The van der Waals surface area contributed by atoms with Crippen LogP contribution in [0.15, 0.2) is 29.2 Å². The summed E-state index contributed by atoms with van der Waals surface area (Å²) in [6.45, 7) is 11.1. The minimum atomic E-state index is -3.77. The summed E-state index contributed by atoms with van der Waals surface area (Å²) >= 11 is 0. The van der Waals surface area contributed by atoms with Gasteiger partial charge in [0.25, 0.3) is 10.1 Å². The molecule has 4 aliphatic carbocycles. The van der Waals surface area contributed by atoms with Gasteiger partial charge in [-0.2, -0.15) is 8.42 Å². The lowest BCUT2D eigenvalue weighted by Gasteiger charge is -2.60. The molecule has 0 N–H and O–H groups in total. The Kier molecular flexibility index (Phi) is 5.88. The monoisotopic (exact) mass is 486 g/mol. The van der Waals surface area contributed by atoms with Crippen molar-refractivity contribution in [2.45, 2.75) is 109 Å².